The highest BCUT2D eigenvalue weighted by molar-refractivity contribution is 6.28. The van der Waals surface area contributed by atoms with E-state index in [1.807, 2.05) is 36.7 Å². The van der Waals surface area contributed by atoms with E-state index in [1.54, 1.807) is 6.26 Å². The zero-order valence-corrected chi connectivity index (χ0v) is 15.9. The van der Waals surface area contributed by atoms with Gasteiger partial charge in [0.15, 0.2) is 0 Å². The van der Waals surface area contributed by atoms with Crippen molar-refractivity contribution >= 4 is 43.5 Å². The molecule has 0 N–H and O–H groups in total. The number of hydrogen-bond donors (Lipinski definition) is 0. The van der Waals surface area contributed by atoms with Crippen molar-refractivity contribution in [3.05, 3.63) is 91.5 Å². The van der Waals surface area contributed by atoms with Gasteiger partial charge in [0, 0.05) is 39.5 Å². The van der Waals surface area contributed by atoms with Gasteiger partial charge >= 0.3 is 0 Å². The van der Waals surface area contributed by atoms with E-state index in [-0.39, 0.29) is 0 Å². The number of nitrogens with zero attached hydrogens (tertiary/aromatic N) is 3. The number of rotatable bonds is 2. The number of aromatic nitrogens is 3. The summed E-state index contributed by atoms with van der Waals surface area (Å²) in [5, 5.41) is 5.82. The monoisotopic (exact) mass is 385 g/mol. The molecule has 0 saturated heterocycles. The van der Waals surface area contributed by atoms with Gasteiger partial charge in [-0.2, -0.15) is 0 Å². The van der Waals surface area contributed by atoms with E-state index in [0.717, 1.165) is 38.5 Å². The van der Waals surface area contributed by atoms with Crippen LogP contribution in [0.2, 0.25) is 0 Å². The van der Waals surface area contributed by atoms with Gasteiger partial charge in [0.2, 0.25) is 5.95 Å². The van der Waals surface area contributed by atoms with Crippen LogP contribution in [0.15, 0.2) is 95.9 Å². The standard InChI is InChI=1S/C26H15N3O/c1-2-5-16(6-3-1)19-14-27-26(28-15-19)29-21-8-4-7-17-9-10-20-24(23(17)21)22(29)13-18-11-12-30-25(18)20/h1-15H. The quantitative estimate of drug-likeness (QED) is 0.316. The molecule has 0 saturated carbocycles. The Labute approximate surface area is 171 Å². The molecule has 4 aromatic carbocycles. The van der Waals surface area contributed by atoms with Crippen molar-refractivity contribution < 1.29 is 4.42 Å². The molecule has 0 spiro atoms. The fourth-order valence-electron chi connectivity index (χ4n) is 4.61. The van der Waals surface area contributed by atoms with E-state index in [9.17, 15) is 0 Å². The lowest BCUT2D eigenvalue weighted by Crippen LogP contribution is -2.00. The Hall–Kier alpha value is -4.18. The molecule has 4 nitrogen and oxygen atoms in total. The molecule has 0 atom stereocenters. The Bertz CT molecular complexity index is 1670. The van der Waals surface area contributed by atoms with E-state index < -0.39 is 0 Å². The van der Waals surface area contributed by atoms with Crippen LogP contribution in [-0.4, -0.2) is 14.5 Å². The van der Waals surface area contributed by atoms with Crippen LogP contribution in [0.5, 0.6) is 0 Å². The normalized spacial score (nSPS) is 12.0. The number of hydrogen-bond acceptors (Lipinski definition) is 3. The van der Waals surface area contributed by atoms with Gasteiger partial charge in [0.1, 0.15) is 5.58 Å². The highest BCUT2D eigenvalue weighted by Gasteiger charge is 2.20. The highest BCUT2D eigenvalue weighted by atomic mass is 16.3. The fourth-order valence-corrected chi connectivity index (χ4v) is 4.61. The Kier molecular flexibility index (Phi) is 2.97. The highest BCUT2D eigenvalue weighted by Crippen LogP contribution is 2.41. The van der Waals surface area contributed by atoms with Crippen LogP contribution < -0.4 is 0 Å². The Morgan fingerprint density at radius 3 is 2.40 bits per heavy atom. The first-order valence-corrected chi connectivity index (χ1v) is 9.92. The maximum Gasteiger partial charge on any atom is 0.234 e. The first-order valence-electron chi connectivity index (χ1n) is 9.92. The summed E-state index contributed by atoms with van der Waals surface area (Å²) in [6.07, 6.45) is 5.55. The molecule has 30 heavy (non-hydrogen) atoms. The third kappa shape index (κ3) is 2.00. The van der Waals surface area contributed by atoms with Crippen molar-refractivity contribution in [2.45, 2.75) is 0 Å². The first-order chi connectivity index (χ1) is 14.9. The lowest BCUT2D eigenvalue weighted by atomic mass is 10.0. The van der Waals surface area contributed by atoms with Crippen molar-refractivity contribution in [2.75, 3.05) is 0 Å². The zero-order chi connectivity index (χ0) is 19.7. The number of benzene rings is 4. The van der Waals surface area contributed by atoms with Gasteiger partial charge in [0.05, 0.1) is 17.3 Å². The summed E-state index contributed by atoms with van der Waals surface area (Å²) in [4.78, 5) is 9.51. The molecule has 140 valence electrons. The minimum atomic E-state index is 0.669. The van der Waals surface area contributed by atoms with Gasteiger partial charge in [-0.3, -0.25) is 4.57 Å². The Balaban J connectivity index is 1.57. The molecule has 0 aliphatic carbocycles. The van der Waals surface area contributed by atoms with Gasteiger partial charge < -0.3 is 4.42 Å². The number of fused-ring (bicyclic) bond motifs is 2. The van der Waals surface area contributed by atoms with Crippen molar-refractivity contribution in [3.63, 3.8) is 0 Å². The van der Waals surface area contributed by atoms with Crippen molar-refractivity contribution in [2.24, 2.45) is 0 Å². The van der Waals surface area contributed by atoms with Crippen LogP contribution in [0.3, 0.4) is 0 Å². The summed E-state index contributed by atoms with van der Waals surface area (Å²) >= 11 is 0. The Morgan fingerprint density at radius 2 is 1.53 bits per heavy atom. The zero-order valence-electron chi connectivity index (χ0n) is 15.9. The van der Waals surface area contributed by atoms with E-state index in [2.05, 4.69) is 53.1 Å². The van der Waals surface area contributed by atoms with E-state index >= 15 is 0 Å². The van der Waals surface area contributed by atoms with Crippen LogP contribution in [0.4, 0.5) is 0 Å². The molecule has 3 aromatic heterocycles. The Morgan fingerprint density at radius 1 is 0.667 bits per heavy atom. The summed E-state index contributed by atoms with van der Waals surface area (Å²) in [7, 11) is 0. The maximum atomic E-state index is 5.81. The second-order valence-corrected chi connectivity index (χ2v) is 7.57. The van der Waals surface area contributed by atoms with E-state index in [0.29, 0.717) is 5.95 Å². The molecule has 0 aliphatic heterocycles. The van der Waals surface area contributed by atoms with E-state index in [1.165, 1.54) is 16.2 Å². The minimum absolute atomic E-state index is 0.669. The van der Waals surface area contributed by atoms with Gasteiger partial charge in [-0.15, -0.1) is 0 Å². The van der Waals surface area contributed by atoms with Crippen molar-refractivity contribution in [1.29, 1.82) is 0 Å². The average Bonchev–Trinajstić information content (AvgIpc) is 3.41. The fraction of sp³-hybridized carbons (Fsp3) is 0. The summed E-state index contributed by atoms with van der Waals surface area (Å²) < 4.78 is 7.97. The first kappa shape index (κ1) is 15.7. The van der Waals surface area contributed by atoms with E-state index in [4.69, 9.17) is 14.4 Å². The molecule has 0 bridgehead atoms. The molecule has 7 aromatic rings. The van der Waals surface area contributed by atoms with Gasteiger partial charge in [-0.1, -0.05) is 48.5 Å². The van der Waals surface area contributed by atoms with Gasteiger partial charge in [-0.05, 0) is 35.2 Å². The second-order valence-electron chi connectivity index (χ2n) is 7.57. The second kappa shape index (κ2) is 5.67. The predicted octanol–water partition coefficient (Wildman–Crippen LogP) is 6.58. The molecule has 0 radical (unpaired) electrons. The molecule has 0 unspecified atom stereocenters. The lowest BCUT2D eigenvalue weighted by molar-refractivity contribution is 0.619. The average molecular weight is 385 g/mol. The number of furan rings is 1. The van der Waals surface area contributed by atoms with Crippen LogP contribution in [-0.2, 0) is 0 Å². The topological polar surface area (TPSA) is 43.9 Å². The molecule has 4 heteroatoms. The van der Waals surface area contributed by atoms with Crippen molar-refractivity contribution in [1.82, 2.24) is 14.5 Å². The molecule has 0 aliphatic rings. The molecule has 7 rings (SSSR count). The largest absolute Gasteiger partial charge is 0.464 e. The smallest absolute Gasteiger partial charge is 0.234 e. The summed E-state index contributed by atoms with van der Waals surface area (Å²) in [6, 6.07) is 25.1. The third-order valence-corrected chi connectivity index (χ3v) is 5.94. The molecule has 0 fully saturated rings. The summed E-state index contributed by atoms with van der Waals surface area (Å²) in [5.41, 5.74) is 5.24. The van der Waals surface area contributed by atoms with Crippen molar-refractivity contribution in [3.8, 4) is 17.1 Å². The lowest BCUT2D eigenvalue weighted by Gasteiger charge is -2.07. The molecular weight excluding hydrogens is 370 g/mol. The van der Waals surface area contributed by atoms with Gasteiger partial charge in [-0.25, -0.2) is 9.97 Å². The van der Waals surface area contributed by atoms with Crippen LogP contribution in [0, 0.1) is 0 Å². The van der Waals surface area contributed by atoms with Crippen LogP contribution in [0.25, 0.3) is 60.6 Å². The summed E-state index contributed by atoms with van der Waals surface area (Å²) in [6.45, 7) is 0. The molecule has 0 amide bonds. The summed E-state index contributed by atoms with van der Waals surface area (Å²) in [5.74, 6) is 0.669. The van der Waals surface area contributed by atoms with Crippen LogP contribution >= 0.6 is 0 Å². The van der Waals surface area contributed by atoms with Gasteiger partial charge in [0.25, 0.3) is 0 Å². The minimum Gasteiger partial charge on any atom is -0.464 e. The molecule has 3 heterocycles. The predicted molar refractivity (Wildman–Crippen MR) is 120 cm³/mol. The molecular formula is C26H15N3O. The third-order valence-electron chi connectivity index (χ3n) is 5.94. The van der Waals surface area contributed by atoms with Crippen LogP contribution in [0.1, 0.15) is 0 Å². The SMILES string of the molecule is c1ccc(-c2cnc(-n3c4cccc5ccc6c7occc7cc3c6c54)nc2)cc1. The maximum absolute atomic E-state index is 5.81.